The summed E-state index contributed by atoms with van der Waals surface area (Å²) in [5, 5.41) is 3.43. The van der Waals surface area contributed by atoms with Gasteiger partial charge in [0.1, 0.15) is 6.10 Å². The van der Waals surface area contributed by atoms with E-state index in [1.165, 1.54) is 41.6 Å². The van der Waals surface area contributed by atoms with Crippen molar-refractivity contribution in [2.45, 2.75) is 31.9 Å². The molecule has 1 aromatic carbocycles. The van der Waals surface area contributed by atoms with Gasteiger partial charge in [0.25, 0.3) is 0 Å². The molecule has 3 aliphatic rings. The zero-order valence-corrected chi connectivity index (χ0v) is 15.2. The third-order valence-electron chi connectivity index (χ3n) is 5.87. The second-order valence-electron chi connectivity index (χ2n) is 7.25. The maximum Gasteiger partial charge on any atom is 0.213 e. The van der Waals surface area contributed by atoms with Crippen molar-refractivity contribution < 1.29 is 4.74 Å². The van der Waals surface area contributed by atoms with Crippen molar-refractivity contribution in [1.29, 1.82) is 0 Å². The molecule has 2 aromatic heterocycles. The van der Waals surface area contributed by atoms with Crippen LogP contribution in [0.25, 0.3) is 21.2 Å². The molecule has 0 saturated carbocycles. The first kappa shape index (κ1) is 15.4. The van der Waals surface area contributed by atoms with Crippen LogP contribution in [0.15, 0.2) is 48.0 Å². The lowest BCUT2D eigenvalue weighted by Crippen LogP contribution is -2.58. The third-order valence-corrected chi connectivity index (χ3v) is 6.77. The highest BCUT2D eigenvalue weighted by Gasteiger charge is 2.41. The molecule has 0 radical (unpaired) electrons. The van der Waals surface area contributed by atoms with Crippen molar-refractivity contribution in [1.82, 2.24) is 9.88 Å². The van der Waals surface area contributed by atoms with Gasteiger partial charge in [0.05, 0.1) is 0 Å². The number of aromatic nitrogens is 1. The van der Waals surface area contributed by atoms with E-state index in [4.69, 9.17) is 4.74 Å². The molecule has 2 unspecified atom stereocenters. The molecule has 5 heterocycles. The normalized spacial score (nSPS) is 28.4. The van der Waals surface area contributed by atoms with Gasteiger partial charge in [-0.1, -0.05) is 6.07 Å². The molecule has 25 heavy (non-hydrogen) atoms. The van der Waals surface area contributed by atoms with E-state index >= 15 is 0 Å². The molecule has 2 atom stereocenters. The van der Waals surface area contributed by atoms with E-state index in [-0.39, 0.29) is 6.10 Å². The quantitative estimate of drug-likeness (QED) is 0.677. The molecule has 0 N–H and O–H groups in total. The zero-order chi connectivity index (χ0) is 16.8. The van der Waals surface area contributed by atoms with E-state index in [2.05, 4.69) is 52.5 Å². The van der Waals surface area contributed by atoms with Crippen LogP contribution in [0.4, 0.5) is 0 Å². The average Bonchev–Trinajstić information content (AvgIpc) is 3.13. The van der Waals surface area contributed by atoms with E-state index < -0.39 is 0 Å². The van der Waals surface area contributed by atoms with Crippen LogP contribution >= 0.6 is 11.3 Å². The molecule has 4 heteroatoms. The van der Waals surface area contributed by atoms with Crippen molar-refractivity contribution in [3.05, 3.63) is 48.0 Å². The second-order valence-corrected chi connectivity index (χ2v) is 8.20. The van der Waals surface area contributed by atoms with Gasteiger partial charge in [0, 0.05) is 28.6 Å². The SMILES string of the molecule is CC1C(Oc2ccc(-c3ccc4sccc4c3)cn2)C2CCN1CC2. The Bertz CT molecular complexity index is 878. The second kappa shape index (κ2) is 6.11. The summed E-state index contributed by atoms with van der Waals surface area (Å²) in [5.74, 6) is 1.44. The lowest BCUT2D eigenvalue weighted by molar-refractivity contribution is -0.0525. The van der Waals surface area contributed by atoms with Gasteiger partial charge in [-0.3, -0.25) is 4.90 Å². The number of ether oxygens (including phenoxy) is 1. The van der Waals surface area contributed by atoms with Gasteiger partial charge >= 0.3 is 0 Å². The first-order valence-electron chi connectivity index (χ1n) is 9.12. The fourth-order valence-corrected chi connectivity index (χ4v) is 5.13. The van der Waals surface area contributed by atoms with Crippen LogP contribution in [0, 0.1) is 5.92 Å². The third kappa shape index (κ3) is 2.74. The lowest BCUT2D eigenvalue weighted by atomic mass is 9.81. The van der Waals surface area contributed by atoms with Gasteiger partial charge in [0.15, 0.2) is 0 Å². The molecule has 0 aliphatic carbocycles. The van der Waals surface area contributed by atoms with Gasteiger partial charge < -0.3 is 4.74 Å². The molecule has 3 fully saturated rings. The van der Waals surface area contributed by atoms with E-state index in [9.17, 15) is 0 Å². The Labute approximate surface area is 152 Å². The van der Waals surface area contributed by atoms with Crippen LogP contribution in [0.2, 0.25) is 0 Å². The highest BCUT2D eigenvalue weighted by Crippen LogP contribution is 2.35. The molecule has 0 spiro atoms. The Kier molecular flexibility index (Phi) is 3.75. The monoisotopic (exact) mass is 350 g/mol. The highest BCUT2D eigenvalue weighted by molar-refractivity contribution is 7.17. The Morgan fingerprint density at radius 1 is 1.08 bits per heavy atom. The molecule has 3 saturated heterocycles. The summed E-state index contributed by atoms with van der Waals surface area (Å²) in [5.41, 5.74) is 2.35. The minimum atomic E-state index is 0.281. The summed E-state index contributed by atoms with van der Waals surface area (Å²) in [4.78, 5) is 7.15. The predicted octanol–water partition coefficient (Wildman–Crippen LogP) is 4.82. The molecule has 6 rings (SSSR count). The summed E-state index contributed by atoms with van der Waals surface area (Å²) in [6.07, 6.45) is 4.74. The number of hydrogen-bond acceptors (Lipinski definition) is 4. The van der Waals surface area contributed by atoms with Gasteiger partial charge in [-0.05, 0) is 79.4 Å². The van der Waals surface area contributed by atoms with Crippen LogP contribution in [-0.2, 0) is 0 Å². The Morgan fingerprint density at radius 2 is 1.92 bits per heavy atom. The van der Waals surface area contributed by atoms with Crippen molar-refractivity contribution >= 4 is 21.4 Å². The largest absolute Gasteiger partial charge is 0.472 e. The maximum atomic E-state index is 6.30. The van der Waals surface area contributed by atoms with Gasteiger partial charge in [0.2, 0.25) is 5.88 Å². The van der Waals surface area contributed by atoms with E-state index in [0.717, 1.165) is 11.4 Å². The molecular weight excluding hydrogens is 328 g/mol. The number of pyridine rings is 1. The van der Waals surface area contributed by atoms with Gasteiger partial charge in [-0.25, -0.2) is 4.98 Å². The number of fused-ring (bicyclic) bond motifs is 4. The zero-order valence-electron chi connectivity index (χ0n) is 14.4. The van der Waals surface area contributed by atoms with Gasteiger partial charge in [-0.2, -0.15) is 0 Å². The lowest BCUT2D eigenvalue weighted by Gasteiger charge is -2.49. The van der Waals surface area contributed by atoms with Crippen LogP contribution in [0.1, 0.15) is 19.8 Å². The van der Waals surface area contributed by atoms with Crippen molar-refractivity contribution in [2.75, 3.05) is 13.1 Å². The number of benzene rings is 1. The minimum Gasteiger partial charge on any atom is -0.472 e. The number of piperidine rings is 3. The standard InChI is InChI=1S/C21H22N2OS/c1-14-21(15-6-9-23(14)10-7-15)24-20-5-3-18(13-22-20)16-2-4-19-17(12-16)8-11-25-19/h2-5,8,11-15,21H,6-7,9-10H2,1H3. The van der Waals surface area contributed by atoms with Crippen LogP contribution in [0.3, 0.4) is 0 Å². The highest BCUT2D eigenvalue weighted by atomic mass is 32.1. The van der Waals surface area contributed by atoms with E-state index in [1.807, 2.05) is 12.3 Å². The van der Waals surface area contributed by atoms with Crippen LogP contribution in [-0.4, -0.2) is 35.1 Å². The molecule has 3 aliphatic heterocycles. The molecule has 3 nitrogen and oxygen atoms in total. The smallest absolute Gasteiger partial charge is 0.213 e. The number of thiophene rings is 1. The number of nitrogens with zero attached hydrogens (tertiary/aromatic N) is 2. The molecule has 2 bridgehead atoms. The van der Waals surface area contributed by atoms with E-state index in [0.29, 0.717) is 12.0 Å². The van der Waals surface area contributed by atoms with Gasteiger partial charge in [-0.15, -0.1) is 11.3 Å². The topological polar surface area (TPSA) is 25.4 Å². The summed E-state index contributed by atoms with van der Waals surface area (Å²) in [7, 11) is 0. The summed E-state index contributed by atoms with van der Waals surface area (Å²) in [6.45, 7) is 4.74. The molecule has 128 valence electrons. The maximum absolute atomic E-state index is 6.30. The van der Waals surface area contributed by atoms with Crippen LogP contribution < -0.4 is 4.74 Å². The summed E-state index contributed by atoms with van der Waals surface area (Å²) >= 11 is 1.78. The van der Waals surface area contributed by atoms with Crippen LogP contribution in [0.5, 0.6) is 5.88 Å². The van der Waals surface area contributed by atoms with E-state index in [1.54, 1.807) is 11.3 Å². The molecule has 3 aromatic rings. The van der Waals surface area contributed by atoms with Crippen molar-refractivity contribution in [3.8, 4) is 17.0 Å². The fourth-order valence-electron chi connectivity index (χ4n) is 4.36. The molecular formula is C21H22N2OS. The minimum absolute atomic E-state index is 0.281. The average molecular weight is 350 g/mol. The van der Waals surface area contributed by atoms with Crippen molar-refractivity contribution in [3.63, 3.8) is 0 Å². The summed E-state index contributed by atoms with van der Waals surface area (Å²) in [6, 6.07) is 13.4. The first-order chi connectivity index (χ1) is 12.3. The summed E-state index contributed by atoms with van der Waals surface area (Å²) < 4.78 is 7.63. The Hall–Kier alpha value is -1.91. The Balaban J connectivity index is 1.36. The number of rotatable bonds is 3. The fraction of sp³-hybridized carbons (Fsp3) is 0.381. The van der Waals surface area contributed by atoms with Crippen molar-refractivity contribution in [2.24, 2.45) is 5.92 Å². The first-order valence-corrected chi connectivity index (χ1v) is 10.0. The molecule has 0 amide bonds. The number of hydrogen-bond donors (Lipinski definition) is 0. The Morgan fingerprint density at radius 3 is 2.68 bits per heavy atom. The predicted molar refractivity (Wildman–Crippen MR) is 103 cm³/mol.